The van der Waals surface area contributed by atoms with Gasteiger partial charge in [0.2, 0.25) is 11.9 Å². The van der Waals surface area contributed by atoms with Gasteiger partial charge in [-0.05, 0) is 37.5 Å². The van der Waals surface area contributed by atoms with Crippen LogP contribution in [0.15, 0.2) is 18.2 Å². The summed E-state index contributed by atoms with van der Waals surface area (Å²) in [6.45, 7) is 3.28. The standard InChI is InChI=1S/C16H18N4O3S/c1-2-20(8-10-3-6-12-13(7-10)23-9-22-12)16(21)17-15-19-18-14(24-15)11-4-5-11/h3,6-7,11H,2,4-5,8-9H2,1H3,(H,17,19,21). The van der Waals surface area contributed by atoms with Crippen molar-refractivity contribution in [1.82, 2.24) is 15.1 Å². The van der Waals surface area contributed by atoms with E-state index < -0.39 is 0 Å². The first kappa shape index (κ1) is 15.2. The molecule has 126 valence electrons. The van der Waals surface area contributed by atoms with Gasteiger partial charge >= 0.3 is 6.03 Å². The molecular weight excluding hydrogens is 328 g/mol. The van der Waals surface area contributed by atoms with Crippen LogP contribution in [0.2, 0.25) is 0 Å². The van der Waals surface area contributed by atoms with E-state index in [0.717, 1.165) is 22.1 Å². The van der Waals surface area contributed by atoms with Crippen LogP contribution in [0, 0.1) is 0 Å². The van der Waals surface area contributed by atoms with Crippen LogP contribution in [-0.2, 0) is 6.54 Å². The van der Waals surface area contributed by atoms with Crippen LogP contribution in [0.4, 0.5) is 9.93 Å². The maximum atomic E-state index is 12.5. The van der Waals surface area contributed by atoms with Crippen molar-refractivity contribution in [2.45, 2.75) is 32.2 Å². The summed E-state index contributed by atoms with van der Waals surface area (Å²) in [7, 11) is 0. The second-order valence-electron chi connectivity index (χ2n) is 5.85. The van der Waals surface area contributed by atoms with Crippen molar-refractivity contribution in [2.24, 2.45) is 0 Å². The van der Waals surface area contributed by atoms with E-state index in [9.17, 15) is 4.79 Å². The number of ether oxygens (including phenoxy) is 2. The largest absolute Gasteiger partial charge is 0.454 e. The van der Waals surface area contributed by atoms with Gasteiger partial charge in [-0.2, -0.15) is 0 Å². The maximum Gasteiger partial charge on any atom is 0.323 e. The van der Waals surface area contributed by atoms with E-state index >= 15 is 0 Å². The van der Waals surface area contributed by atoms with Crippen molar-refractivity contribution in [3.05, 3.63) is 28.8 Å². The fourth-order valence-corrected chi connectivity index (χ4v) is 3.44. The van der Waals surface area contributed by atoms with Crippen LogP contribution < -0.4 is 14.8 Å². The molecule has 2 heterocycles. The topological polar surface area (TPSA) is 76.6 Å². The molecule has 2 amide bonds. The zero-order valence-electron chi connectivity index (χ0n) is 13.3. The van der Waals surface area contributed by atoms with Crippen LogP contribution in [-0.4, -0.2) is 34.5 Å². The summed E-state index contributed by atoms with van der Waals surface area (Å²) < 4.78 is 10.7. The molecule has 2 aliphatic rings. The number of aromatic nitrogens is 2. The molecule has 2 aromatic rings. The first-order chi connectivity index (χ1) is 11.7. The molecule has 0 bridgehead atoms. The molecule has 1 N–H and O–H groups in total. The number of anilines is 1. The second-order valence-corrected chi connectivity index (χ2v) is 6.86. The minimum atomic E-state index is -0.173. The van der Waals surface area contributed by atoms with Gasteiger partial charge in [0, 0.05) is 19.0 Å². The Morgan fingerprint density at radius 2 is 2.17 bits per heavy atom. The molecule has 7 nitrogen and oxygen atoms in total. The van der Waals surface area contributed by atoms with Crippen molar-refractivity contribution >= 4 is 22.5 Å². The van der Waals surface area contributed by atoms with Crippen LogP contribution >= 0.6 is 11.3 Å². The quantitative estimate of drug-likeness (QED) is 0.900. The molecule has 24 heavy (non-hydrogen) atoms. The number of nitrogens with zero attached hydrogens (tertiary/aromatic N) is 3. The van der Waals surface area contributed by atoms with E-state index in [2.05, 4.69) is 15.5 Å². The minimum Gasteiger partial charge on any atom is -0.454 e. The number of rotatable bonds is 5. The van der Waals surface area contributed by atoms with E-state index in [1.807, 2.05) is 25.1 Å². The highest BCUT2D eigenvalue weighted by molar-refractivity contribution is 7.15. The first-order valence-electron chi connectivity index (χ1n) is 8.01. The summed E-state index contributed by atoms with van der Waals surface area (Å²) in [5.41, 5.74) is 0.993. The molecule has 1 fully saturated rings. The third kappa shape index (κ3) is 3.14. The Morgan fingerprint density at radius 1 is 1.33 bits per heavy atom. The normalized spacial score (nSPS) is 15.4. The number of nitrogens with one attached hydrogen (secondary N) is 1. The monoisotopic (exact) mass is 346 g/mol. The smallest absolute Gasteiger partial charge is 0.323 e. The molecule has 0 spiro atoms. The molecule has 1 saturated carbocycles. The second kappa shape index (κ2) is 6.27. The molecule has 0 unspecified atom stereocenters. The zero-order valence-corrected chi connectivity index (χ0v) is 14.1. The van der Waals surface area contributed by atoms with Crippen LogP contribution in [0.25, 0.3) is 0 Å². The predicted octanol–water partition coefficient (Wildman–Crippen LogP) is 3.20. The molecule has 0 saturated heterocycles. The Balaban J connectivity index is 1.41. The summed E-state index contributed by atoms with van der Waals surface area (Å²) in [5.74, 6) is 2.01. The highest BCUT2D eigenvalue weighted by atomic mass is 32.1. The maximum absolute atomic E-state index is 12.5. The molecule has 1 aromatic heterocycles. The molecule has 1 aliphatic heterocycles. The molecule has 1 aliphatic carbocycles. The van der Waals surface area contributed by atoms with Gasteiger partial charge in [-0.15, -0.1) is 10.2 Å². The fourth-order valence-electron chi connectivity index (χ4n) is 2.54. The van der Waals surface area contributed by atoms with Crippen molar-refractivity contribution in [2.75, 3.05) is 18.7 Å². The van der Waals surface area contributed by atoms with Gasteiger partial charge in [0.25, 0.3) is 0 Å². The summed E-state index contributed by atoms with van der Waals surface area (Å²) >= 11 is 1.46. The Hall–Kier alpha value is -2.35. The zero-order chi connectivity index (χ0) is 16.5. The number of hydrogen-bond donors (Lipinski definition) is 1. The first-order valence-corrected chi connectivity index (χ1v) is 8.82. The van der Waals surface area contributed by atoms with E-state index in [-0.39, 0.29) is 12.8 Å². The van der Waals surface area contributed by atoms with Gasteiger partial charge in [0.15, 0.2) is 11.5 Å². The number of carbonyl (C=O) groups is 1. The van der Waals surface area contributed by atoms with Gasteiger partial charge < -0.3 is 14.4 Å². The summed E-state index contributed by atoms with van der Waals surface area (Å²) in [5, 5.41) is 12.6. The lowest BCUT2D eigenvalue weighted by atomic mass is 10.2. The van der Waals surface area contributed by atoms with Crippen molar-refractivity contribution < 1.29 is 14.3 Å². The highest BCUT2D eigenvalue weighted by Gasteiger charge is 2.28. The number of carbonyl (C=O) groups excluding carboxylic acids is 1. The van der Waals surface area contributed by atoms with E-state index in [4.69, 9.17) is 9.47 Å². The van der Waals surface area contributed by atoms with Gasteiger partial charge in [-0.25, -0.2) is 4.79 Å². The number of hydrogen-bond acceptors (Lipinski definition) is 6. The van der Waals surface area contributed by atoms with Gasteiger partial charge in [0.05, 0.1) is 0 Å². The highest BCUT2D eigenvalue weighted by Crippen LogP contribution is 2.42. The number of benzene rings is 1. The third-order valence-electron chi connectivity index (χ3n) is 4.06. The molecule has 4 rings (SSSR count). The molecule has 0 atom stereocenters. The average Bonchev–Trinajstić information content (AvgIpc) is 3.15. The Morgan fingerprint density at radius 3 is 2.96 bits per heavy atom. The average molecular weight is 346 g/mol. The number of urea groups is 1. The van der Waals surface area contributed by atoms with Crippen molar-refractivity contribution in [1.29, 1.82) is 0 Å². The molecule has 0 radical (unpaired) electrons. The molecule has 8 heteroatoms. The lowest BCUT2D eigenvalue weighted by Gasteiger charge is -2.20. The third-order valence-corrected chi connectivity index (χ3v) is 5.06. The van der Waals surface area contributed by atoms with E-state index in [0.29, 0.717) is 24.1 Å². The molecular formula is C16H18N4O3S. The number of amides is 2. The Kier molecular flexibility index (Phi) is 3.97. The van der Waals surface area contributed by atoms with Gasteiger partial charge in [-0.3, -0.25) is 5.32 Å². The van der Waals surface area contributed by atoms with Crippen molar-refractivity contribution in [3.8, 4) is 11.5 Å². The molecule has 1 aromatic carbocycles. The fraction of sp³-hybridized carbons (Fsp3) is 0.438. The summed E-state index contributed by atoms with van der Waals surface area (Å²) in [6.07, 6.45) is 2.35. The van der Waals surface area contributed by atoms with Crippen LogP contribution in [0.5, 0.6) is 11.5 Å². The van der Waals surface area contributed by atoms with Gasteiger partial charge in [-0.1, -0.05) is 17.4 Å². The van der Waals surface area contributed by atoms with Gasteiger partial charge in [0.1, 0.15) is 5.01 Å². The Bertz CT molecular complexity index is 760. The SMILES string of the molecule is CCN(Cc1ccc2c(c1)OCO2)C(=O)Nc1nnc(C2CC2)s1. The summed E-state index contributed by atoms with van der Waals surface area (Å²) in [4.78, 5) is 14.2. The number of fused-ring (bicyclic) bond motifs is 1. The lowest BCUT2D eigenvalue weighted by Crippen LogP contribution is -2.34. The van der Waals surface area contributed by atoms with Crippen molar-refractivity contribution in [3.63, 3.8) is 0 Å². The van der Waals surface area contributed by atoms with Crippen LogP contribution in [0.1, 0.15) is 36.3 Å². The summed E-state index contributed by atoms with van der Waals surface area (Å²) in [6, 6.07) is 5.55. The Labute approximate surface area is 143 Å². The predicted molar refractivity (Wildman–Crippen MR) is 89.6 cm³/mol. The lowest BCUT2D eigenvalue weighted by molar-refractivity contribution is 0.174. The van der Waals surface area contributed by atoms with E-state index in [1.165, 1.54) is 24.2 Å². The minimum absolute atomic E-state index is 0.173. The van der Waals surface area contributed by atoms with Crippen LogP contribution in [0.3, 0.4) is 0 Å². The van der Waals surface area contributed by atoms with E-state index in [1.54, 1.807) is 4.90 Å².